The number of ether oxygens (including phenoxy) is 2. The van der Waals surface area contributed by atoms with Crippen molar-refractivity contribution in [1.82, 2.24) is 15.6 Å². The summed E-state index contributed by atoms with van der Waals surface area (Å²) < 4.78 is 10.3. The zero-order valence-corrected chi connectivity index (χ0v) is 15.4. The number of halogens is 1. The fourth-order valence-electron chi connectivity index (χ4n) is 2.46. The van der Waals surface area contributed by atoms with E-state index in [0.29, 0.717) is 16.3 Å². The lowest BCUT2D eigenvalue weighted by Crippen LogP contribution is -2.18. The molecule has 0 fully saturated rings. The van der Waals surface area contributed by atoms with Gasteiger partial charge in [0.2, 0.25) is 0 Å². The third-order valence-electron chi connectivity index (χ3n) is 3.82. The number of benzene rings is 2. The van der Waals surface area contributed by atoms with Crippen molar-refractivity contribution < 1.29 is 14.3 Å². The predicted octanol–water partition coefficient (Wildman–Crippen LogP) is 3.51. The molecule has 0 radical (unpaired) electrons. The Kier molecular flexibility index (Phi) is 5.73. The lowest BCUT2D eigenvalue weighted by atomic mass is 10.1. The van der Waals surface area contributed by atoms with Crippen LogP contribution < -0.4 is 14.9 Å². The van der Waals surface area contributed by atoms with Crippen molar-refractivity contribution in [3.8, 4) is 22.8 Å². The highest BCUT2D eigenvalue weighted by molar-refractivity contribution is 6.31. The number of nitrogens with one attached hydrogen (secondary N) is 2. The SMILES string of the molecule is COc1ccc(-c2[nH]ncc2/C=N\NC(=O)c2cc(Cl)ccc2OC)cc1. The van der Waals surface area contributed by atoms with Crippen LogP contribution in [-0.2, 0) is 0 Å². The van der Waals surface area contributed by atoms with Gasteiger partial charge >= 0.3 is 0 Å². The van der Waals surface area contributed by atoms with Gasteiger partial charge in [-0.15, -0.1) is 0 Å². The van der Waals surface area contributed by atoms with Gasteiger partial charge in [-0.1, -0.05) is 11.6 Å². The monoisotopic (exact) mass is 384 g/mol. The topological polar surface area (TPSA) is 88.6 Å². The molecule has 2 N–H and O–H groups in total. The number of hydrogen-bond donors (Lipinski definition) is 2. The Labute approximate surface area is 161 Å². The smallest absolute Gasteiger partial charge is 0.275 e. The maximum Gasteiger partial charge on any atom is 0.275 e. The van der Waals surface area contributed by atoms with Gasteiger partial charge in [-0.25, -0.2) is 5.43 Å². The molecule has 8 heteroatoms. The number of hydrogen-bond acceptors (Lipinski definition) is 5. The van der Waals surface area contributed by atoms with Gasteiger partial charge in [0.25, 0.3) is 5.91 Å². The Bertz CT molecular complexity index is 967. The molecular weight excluding hydrogens is 368 g/mol. The van der Waals surface area contributed by atoms with E-state index in [2.05, 4.69) is 20.7 Å². The van der Waals surface area contributed by atoms with Gasteiger partial charge in [-0.05, 0) is 42.5 Å². The highest BCUT2D eigenvalue weighted by atomic mass is 35.5. The largest absolute Gasteiger partial charge is 0.497 e. The van der Waals surface area contributed by atoms with E-state index >= 15 is 0 Å². The first-order valence-electron chi connectivity index (χ1n) is 7.97. The van der Waals surface area contributed by atoms with Crippen LogP contribution in [0.5, 0.6) is 11.5 Å². The summed E-state index contributed by atoms with van der Waals surface area (Å²) in [4.78, 5) is 12.3. The van der Waals surface area contributed by atoms with Crippen molar-refractivity contribution in [3.63, 3.8) is 0 Å². The van der Waals surface area contributed by atoms with E-state index < -0.39 is 5.91 Å². The highest BCUT2D eigenvalue weighted by Gasteiger charge is 2.12. The number of carbonyl (C=O) groups excluding carboxylic acids is 1. The quantitative estimate of drug-likeness (QED) is 0.502. The van der Waals surface area contributed by atoms with E-state index in [1.165, 1.54) is 19.4 Å². The number of carbonyl (C=O) groups is 1. The summed E-state index contributed by atoms with van der Waals surface area (Å²) in [5.74, 6) is 0.741. The highest BCUT2D eigenvalue weighted by Crippen LogP contribution is 2.23. The molecule has 7 nitrogen and oxygen atoms in total. The molecule has 0 unspecified atom stereocenters. The molecule has 0 aliphatic rings. The molecule has 0 bridgehead atoms. The fraction of sp³-hybridized carbons (Fsp3) is 0.105. The molecule has 3 aromatic rings. The molecule has 0 aliphatic heterocycles. The summed E-state index contributed by atoms with van der Waals surface area (Å²) in [6.07, 6.45) is 3.13. The van der Waals surface area contributed by atoms with Crippen LogP contribution in [0.15, 0.2) is 53.8 Å². The number of H-pyrrole nitrogens is 1. The van der Waals surface area contributed by atoms with Crippen molar-refractivity contribution in [2.45, 2.75) is 0 Å². The minimum Gasteiger partial charge on any atom is -0.497 e. The summed E-state index contributed by atoms with van der Waals surface area (Å²) >= 11 is 5.95. The van der Waals surface area contributed by atoms with Crippen LogP contribution >= 0.6 is 11.6 Å². The Morgan fingerprint density at radius 2 is 1.96 bits per heavy atom. The molecule has 27 heavy (non-hydrogen) atoms. The summed E-state index contributed by atoms with van der Waals surface area (Å²) in [6, 6.07) is 12.3. The van der Waals surface area contributed by atoms with E-state index in [9.17, 15) is 4.79 Å². The minimum absolute atomic E-state index is 0.296. The average Bonchev–Trinajstić information content (AvgIpc) is 3.16. The number of amides is 1. The average molecular weight is 385 g/mol. The van der Waals surface area contributed by atoms with Gasteiger partial charge in [0.1, 0.15) is 11.5 Å². The summed E-state index contributed by atoms with van der Waals surface area (Å²) in [5, 5.41) is 11.4. The molecule has 1 amide bonds. The van der Waals surface area contributed by atoms with Gasteiger partial charge in [-0.3, -0.25) is 9.89 Å². The van der Waals surface area contributed by atoms with E-state index in [-0.39, 0.29) is 0 Å². The van der Waals surface area contributed by atoms with Crippen LogP contribution in [0, 0.1) is 0 Å². The number of aromatic amines is 1. The van der Waals surface area contributed by atoms with Crippen LogP contribution in [0.3, 0.4) is 0 Å². The number of hydrazone groups is 1. The normalized spacial score (nSPS) is 10.8. The standard InChI is InChI=1S/C19H17ClN4O3/c1-26-15-6-3-12(4-7-15)18-13(10-21-23-18)11-22-24-19(25)16-9-14(20)5-8-17(16)27-2/h3-11H,1-2H3,(H,21,23)(H,24,25)/b22-11-. The lowest BCUT2D eigenvalue weighted by molar-refractivity contribution is 0.0952. The first-order valence-corrected chi connectivity index (χ1v) is 8.35. The molecule has 1 heterocycles. The molecule has 3 rings (SSSR count). The number of aromatic nitrogens is 2. The summed E-state index contributed by atoms with van der Waals surface area (Å²) in [6.45, 7) is 0. The van der Waals surface area contributed by atoms with Gasteiger partial charge < -0.3 is 9.47 Å². The zero-order chi connectivity index (χ0) is 19.2. The summed E-state index contributed by atoms with van der Waals surface area (Å²) in [5.41, 5.74) is 5.17. The molecule has 0 atom stereocenters. The van der Waals surface area contributed by atoms with Crippen molar-refractivity contribution in [3.05, 3.63) is 64.8 Å². The first kappa shape index (κ1) is 18.5. The Hall–Kier alpha value is -3.32. The maximum atomic E-state index is 12.3. The molecule has 1 aromatic heterocycles. The molecule has 138 valence electrons. The number of methoxy groups -OCH3 is 2. The second kappa shape index (κ2) is 8.37. The van der Waals surface area contributed by atoms with E-state index in [0.717, 1.165) is 22.6 Å². The number of rotatable bonds is 6. The Balaban J connectivity index is 1.75. The summed E-state index contributed by atoms with van der Waals surface area (Å²) in [7, 11) is 3.09. The zero-order valence-electron chi connectivity index (χ0n) is 14.7. The van der Waals surface area contributed by atoms with Crippen molar-refractivity contribution in [2.24, 2.45) is 5.10 Å². The molecule has 0 saturated heterocycles. The van der Waals surface area contributed by atoms with Gasteiger partial charge in [0.15, 0.2) is 0 Å². The van der Waals surface area contributed by atoms with Crippen LogP contribution in [0.1, 0.15) is 15.9 Å². The second-order valence-electron chi connectivity index (χ2n) is 5.47. The van der Waals surface area contributed by atoms with E-state index in [1.807, 2.05) is 24.3 Å². The van der Waals surface area contributed by atoms with E-state index in [1.54, 1.807) is 25.4 Å². The van der Waals surface area contributed by atoms with Crippen molar-refractivity contribution >= 4 is 23.7 Å². The molecule has 2 aromatic carbocycles. The van der Waals surface area contributed by atoms with Gasteiger partial charge in [-0.2, -0.15) is 10.2 Å². The van der Waals surface area contributed by atoms with Crippen LogP contribution in [0.25, 0.3) is 11.3 Å². The Morgan fingerprint density at radius 1 is 1.19 bits per heavy atom. The predicted molar refractivity (Wildman–Crippen MR) is 104 cm³/mol. The Morgan fingerprint density at radius 3 is 2.67 bits per heavy atom. The number of nitrogens with zero attached hydrogens (tertiary/aromatic N) is 2. The lowest BCUT2D eigenvalue weighted by Gasteiger charge is -2.07. The maximum absolute atomic E-state index is 12.3. The molecule has 0 spiro atoms. The van der Waals surface area contributed by atoms with Crippen molar-refractivity contribution in [2.75, 3.05) is 14.2 Å². The first-order chi connectivity index (χ1) is 13.1. The minimum atomic E-state index is -0.430. The fourth-order valence-corrected chi connectivity index (χ4v) is 2.63. The van der Waals surface area contributed by atoms with Crippen LogP contribution in [-0.4, -0.2) is 36.5 Å². The van der Waals surface area contributed by atoms with E-state index in [4.69, 9.17) is 21.1 Å². The van der Waals surface area contributed by atoms with Gasteiger partial charge in [0.05, 0.1) is 37.9 Å². The molecule has 0 aliphatic carbocycles. The molecular formula is C19H17ClN4O3. The van der Waals surface area contributed by atoms with Gasteiger partial charge in [0, 0.05) is 16.1 Å². The molecule has 0 saturated carbocycles. The third-order valence-corrected chi connectivity index (χ3v) is 4.06. The third kappa shape index (κ3) is 4.27. The second-order valence-corrected chi connectivity index (χ2v) is 5.91. The van der Waals surface area contributed by atoms with Crippen LogP contribution in [0.2, 0.25) is 5.02 Å². The van der Waals surface area contributed by atoms with Crippen LogP contribution in [0.4, 0.5) is 0 Å². The van der Waals surface area contributed by atoms with Crippen molar-refractivity contribution in [1.29, 1.82) is 0 Å².